The van der Waals surface area contributed by atoms with Crippen molar-refractivity contribution in [3.8, 4) is 5.75 Å². The highest BCUT2D eigenvalue weighted by molar-refractivity contribution is 5.92. The molecule has 0 unspecified atom stereocenters. The highest BCUT2D eigenvalue weighted by atomic mass is 19.4. The van der Waals surface area contributed by atoms with Crippen molar-refractivity contribution < 1.29 is 27.4 Å². The van der Waals surface area contributed by atoms with E-state index >= 15 is 0 Å². The first-order chi connectivity index (χ1) is 13.4. The van der Waals surface area contributed by atoms with Crippen molar-refractivity contribution in [2.45, 2.75) is 6.18 Å². The van der Waals surface area contributed by atoms with Crippen LogP contribution in [0.25, 0.3) is 0 Å². The van der Waals surface area contributed by atoms with E-state index in [0.717, 1.165) is 12.1 Å². The van der Waals surface area contributed by atoms with Crippen molar-refractivity contribution in [1.29, 1.82) is 0 Å². The number of ether oxygens (including phenoxy) is 2. The van der Waals surface area contributed by atoms with E-state index in [1.54, 1.807) is 12.1 Å². The summed E-state index contributed by atoms with van der Waals surface area (Å²) in [5, 5.41) is 10.6. The zero-order chi connectivity index (χ0) is 20.0. The van der Waals surface area contributed by atoms with Gasteiger partial charge in [-0.3, -0.25) is 4.79 Å². The van der Waals surface area contributed by atoms with Gasteiger partial charge in [-0.1, -0.05) is 6.07 Å². The van der Waals surface area contributed by atoms with E-state index in [2.05, 4.69) is 15.5 Å². The maximum absolute atomic E-state index is 12.7. The van der Waals surface area contributed by atoms with Crippen molar-refractivity contribution in [2.75, 3.05) is 44.4 Å². The van der Waals surface area contributed by atoms with Crippen molar-refractivity contribution in [2.24, 2.45) is 0 Å². The summed E-state index contributed by atoms with van der Waals surface area (Å²) >= 11 is 0. The highest BCUT2D eigenvalue weighted by Gasteiger charge is 2.30. The van der Waals surface area contributed by atoms with Crippen LogP contribution in [0.4, 0.5) is 19.0 Å². The molecular weight excluding hydrogens is 377 g/mol. The number of rotatable bonds is 6. The normalized spacial score (nSPS) is 14.6. The third-order valence-corrected chi connectivity index (χ3v) is 4.04. The minimum absolute atomic E-state index is 0.0202. The molecule has 0 spiro atoms. The Hall–Kier alpha value is -2.88. The second-order valence-corrected chi connectivity index (χ2v) is 6.01. The summed E-state index contributed by atoms with van der Waals surface area (Å²) < 4.78 is 48.5. The fourth-order valence-electron chi connectivity index (χ4n) is 2.59. The van der Waals surface area contributed by atoms with Gasteiger partial charge in [-0.2, -0.15) is 13.2 Å². The fourth-order valence-corrected chi connectivity index (χ4v) is 2.59. The Kier molecular flexibility index (Phi) is 6.30. The van der Waals surface area contributed by atoms with Gasteiger partial charge >= 0.3 is 6.18 Å². The number of halogens is 3. The van der Waals surface area contributed by atoms with Gasteiger partial charge in [0.05, 0.1) is 25.3 Å². The molecule has 10 heteroatoms. The lowest BCUT2D eigenvalue weighted by atomic mass is 10.2. The predicted molar refractivity (Wildman–Crippen MR) is 94.3 cm³/mol. The molecule has 0 saturated carbocycles. The number of amides is 1. The van der Waals surface area contributed by atoms with E-state index in [4.69, 9.17) is 9.47 Å². The van der Waals surface area contributed by atoms with E-state index in [9.17, 15) is 18.0 Å². The molecule has 2 heterocycles. The average Bonchev–Trinajstić information content (AvgIpc) is 2.71. The van der Waals surface area contributed by atoms with Crippen molar-refractivity contribution >= 4 is 11.7 Å². The van der Waals surface area contributed by atoms with Crippen LogP contribution >= 0.6 is 0 Å². The number of hydrogen-bond acceptors (Lipinski definition) is 6. The van der Waals surface area contributed by atoms with Gasteiger partial charge in [0, 0.05) is 13.1 Å². The van der Waals surface area contributed by atoms with Crippen LogP contribution < -0.4 is 15.0 Å². The molecule has 3 rings (SSSR count). The minimum Gasteiger partial charge on any atom is -0.492 e. The summed E-state index contributed by atoms with van der Waals surface area (Å²) in [7, 11) is 0. The van der Waals surface area contributed by atoms with Crippen molar-refractivity contribution in [3.05, 3.63) is 47.7 Å². The number of carbonyl (C=O) groups is 1. The van der Waals surface area contributed by atoms with Gasteiger partial charge in [0.15, 0.2) is 11.5 Å². The second-order valence-electron chi connectivity index (χ2n) is 6.01. The first-order valence-corrected chi connectivity index (χ1v) is 8.68. The van der Waals surface area contributed by atoms with E-state index in [0.29, 0.717) is 32.1 Å². The molecule has 1 aliphatic heterocycles. The highest BCUT2D eigenvalue weighted by Crippen LogP contribution is 2.31. The summed E-state index contributed by atoms with van der Waals surface area (Å²) in [5.41, 5.74) is -0.638. The lowest BCUT2D eigenvalue weighted by Gasteiger charge is -2.27. The predicted octanol–water partition coefficient (Wildman–Crippen LogP) is 2.14. The number of nitrogens with one attached hydrogen (secondary N) is 1. The number of alkyl halides is 3. The molecule has 28 heavy (non-hydrogen) atoms. The van der Waals surface area contributed by atoms with Crippen molar-refractivity contribution in [1.82, 2.24) is 15.5 Å². The topological polar surface area (TPSA) is 76.6 Å². The molecule has 0 aliphatic carbocycles. The lowest BCUT2D eigenvalue weighted by molar-refractivity contribution is -0.137. The zero-order valence-electron chi connectivity index (χ0n) is 14.9. The second kappa shape index (κ2) is 8.87. The molecule has 2 aromatic rings. The Morgan fingerprint density at radius 1 is 1.18 bits per heavy atom. The summed E-state index contributed by atoms with van der Waals surface area (Å²) in [6.07, 6.45) is -4.43. The Morgan fingerprint density at radius 3 is 2.64 bits per heavy atom. The first kappa shape index (κ1) is 19.9. The molecule has 1 N–H and O–H groups in total. The van der Waals surface area contributed by atoms with Crippen LogP contribution in [0.3, 0.4) is 0 Å². The maximum atomic E-state index is 12.7. The quantitative estimate of drug-likeness (QED) is 0.754. The number of aromatic nitrogens is 2. The third kappa shape index (κ3) is 5.32. The molecular formula is C18H19F3N4O3. The Morgan fingerprint density at radius 2 is 1.96 bits per heavy atom. The minimum atomic E-state index is -4.43. The standard InChI is InChI=1S/C18H19F3N4O3/c19-18(20,21)13-2-1-3-14(12-13)28-9-6-22-17(26)15-4-5-16(24-23-15)25-7-10-27-11-8-25/h1-5,12H,6-11H2,(H,22,26). The molecule has 1 fully saturated rings. The van der Waals surface area contributed by atoms with Gasteiger partial charge in [-0.25, -0.2) is 0 Å². The molecule has 1 aromatic carbocycles. The summed E-state index contributed by atoms with van der Waals surface area (Å²) in [5.74, 6) is 0.320. The van der Waals surface area contributed by atoms with Gasteiger partial charge in [-0.05, 0) is 30.3 Å². The fraction of sp³-hybridized carbons (Fsp3) is 0.389. The number of hydrogen-bond donors (Lipinski definition) is 1. The van der Waals surface area contributed by atoms with E-state index < -0.39 is 17.6 Å². The molecule has 1 aliphatic rings. The van der Waals surface area contributed by atoms with Crippen LogP contribution in [0.1, 0.15) is 16.1 Å². The lowest BCUT2D eigenvalue weighted by Crippen LogP contribution is -2.37. The van der Waals surface area contributed by atoms with Crippen LogP contribution in [0.5, 0.6) is 5.75 Å². The largest absolute Gasteiger partial charge is 0.492 e. The van der Waals surface area contributed by atoms with Gasteiger partial charge in [0.2, 0.25) is 0 Å². The molecule has 1 aromatic heterocycles. The Balaban J connectivity index is 1.45. The number of morpholine rings is 1. The van der Waals surface area contributed by atoms with Crippen LogP contribution in [-0.2, 0) is 10.9 Å². The van der Waals surface area contributed by atoms with E-state index in [1.165, 1.54) is 12.1 Å². The third-order valence-electron chi connectivity index (χ3n) is 4.04. The van der Waals surface area contributed by atoms with Gasteiger partial charge in [0.1, 0.15) is 12.4 Å². The van der Waals surface area contributed by atoms with Gasteiger partial charge in [0.25, 0.3) is 5.91 Å². The van der Waals surface area contributed by atoms with E-state index in [1.807, 2.05) is 4.90 Å². The van der Waals surface area contributed by atoms with Crippen LogP contribution in [-0.4, -0.2) is 55.6 Å². The Bertz CT molecular complexity index is 793. The van der Waals surface area contributed by atoms with E-state index in [-0.39, 0.29) is 24.6 Å². The monoisotopic (exact) mass is 396 g/mol. The number of nitrogens with zero attached hydrogens (tertiary/aromatic N) is 3. The summed E-state index contributed by atoms with van der Waals surface area (Å²) in [4.78, 5) is 14.1. The van der Waals surface area contributed by atoms with Gasteiger partial charge < -0.3 is 19.7 Å². The maximum Gasteiger partial charge on any atom is 0.416 e. The molecule has 0 bridgehead atoms. The van der Waals surface area contributed by atoms with Gasteiger partial charge in [-0.15, -0.1) is 10.2 Å². The summed E-state index contributed by atoms with van der Waals surface area (Å²) in [6, 6.07) is 7.86. The first-order valence-electron chi connectivity index (χ1n) is 8.68. The molecule has 150 valence electrons. The SMILES string of the molecule is O=C(NCCOc1cccc(C(F)(F)F)c1)c1ccc(N2CCOCC2)nn1. The smallest absolute Gasteiger partial charge is 0.416 e. The zero-order valence-corrected chi connectivity index (χ0v) is 14.9. The van der Waals surface area contributed by atoms with Crippen LogP contribution in [0.2, 0.25) is 0 Å². The van der Waals surface area contributed by atoms with Crippen LogP contribution in [0.15, 0.2) is 36.4 Å². The number of benzene rings is 1. The molecule has 7 nitrogen and oxygen atoms in total. The summed E-state index contributed by atoms with van der Waals surface area (Å²) in [6.45, 7) is 2.81. The average molecular weight is 396 g/mol. The molecule has 1 saturated heterocycles. The molecule has 1 amide bonds. The molecule has 0 radical (unpaired) electrons. The Labute approximate surface area is 159 Å². The number of anilines is 1. The molecule has 0 atom stereocenters. The van der Waals surface area contributed by atoms with Crippen molar-refractivity contribution in [3.63, 3.8) is 0 Å². The van der Waals surface area contributed by atoms with Crippen LogP contribution in [0, 0.1) is 0 Å². The number of carbonyl (C=O) groups excluding carboxylic acids is 1.